The highest BCUT2D eigenvalue weighted by molar-refractivity contribution is 9.11. The van der Waals surface area contributed by atoms with Crippen molar-refractivity contribution < 1.29 is 13.9 Å². The van der Waals surface area contributed by atoms with E-state index in [1.807, 2.05) is 31.3 Å². The lowest BCUT2D eigenvalue weighted by molar-refractivity contribution is -0.124. The van der Waals surface area contributed by atoms with Gasteiger partial charge in [0.15, 0.2) is 5.11 Å². The maximum absolute atomic E-state index is 13.4. The van der Waals surface area contributed by atoms with E-state index >= 15 is 0 Å². The van der Waals surface area contributed by atoms with Crippen molar-refractivity contribution in [3.8, 4) is 5.75 Å². The van der Waals surface area contributed by atoms with E-state index in [1.54, 1.807) is 15.9 Å². The van der Waals surface area contributed by atoms with Crippen molar-refractivity contribution in [2.75, 3.05) is 7.05 Å². The molecule has 2 aromatic carbocycles. The number of carbonyl (C=O) groups excluding carboxylic acids is 1. The van der Waals surface area contributed by atoms with Crippen LogP contribution in [-0.4, -0.2) is 33.9 Å². The molecule has 8 heteroatoms. The minimum atomic E-state index is -0.295. The van der Waals surface area contributed by atoms with Crippen LogP contribution in [0.1, 0.15) is 43.2 Å². The molecule has 1 aliphatic heterocycles. The third-order valence-corrected chi connectivity index (χ3v) is 7.48. The summed E-state index contributed by atoms with van der Waals surface area (Å²) >= 11 is 12.7. The van der Waals surface area contributed by atoms with Crippen molar-refractivity contribution in [1.82, 2.24) is 9.80 Å². The number of benzene rings is 2. The van der Waals surface area contributed by atoms with Crippen LogP contribution >= 0.6 is 44.1 Å². The van der Waals surface area contributed by atoms with Gasteiger partial charge < -0.3 is 9.64 Å². The Morgan fingerprint density at radius 1 is 1.16 bits per heavy atom. The summed E-state index contributed by atoms with van der Waals surface area (Å²) in [6.45, 7) is 0.237. The van der Waals surface area contributed by atoms with Crippen LogP contribution in [0.15, 0.2) is 51.0 Å². The van der Waals surface area contributed by atoms with Crippen LogP contribution in [0.2, 0.25) is 0 Å². The first kappa shape index (κ1) is 23.4. The molecule has 0 N–H and O–H groups in total. The fourth-order valence-electron chi connectivity index (χ4n) is 4.18. The Hall–Kier alpha value is -1.77. The fourth-order valence-corrected chi connectivity index (χ4v) is 5.96. The van der Waals surface area contributed by atoms with E-state index in [4.69, 9.17) is 17.0 Å². The van der Waals surface area contributed by atoms with Gasteiger partial charge in [0.2, 0.25) is 0 Å². The molecule has 32 heavy (non-hydrogen) atoms. The second kappa shape index (κ2) is 10.0. The predicted octanol–water partition coefficient (Wildman–Crippen LogP) is 6.66. The summed E-state index contributed by atoms with van der Waals surface area (Å²) < 4.78 is 20.8. The molecule has 1 saturated carbocycles. The van der Waals surface area contributed by atoms with Gasteiger partial charge >= 0.3 is 0 Å². The third-order valence-electron chi connectivity index (χ3n) is 5.83. The van der Waals surface area contributed by atoms with Crippen LogP contribution < -0.4 is 4.74 Å². The van der Waals surface area contributed by atoms with Crippen LogP contribution in [0, 0.1) is 5.82 Å². The van der Waals surface area contributed by atoms with Crippen molar-refractivity contribution in [2.24, 2.45) is 0 Å². The minimum absolute atomic E-state index is 0.0388. The first-order chi connectivity index (χ1) is 15.3. The maximum atomic E-state index is 13.4. The molecule has 2 aromatic rings. The molecule has 0 bridgehead atoms. The smallest absolute Gasteiger partial charge is 0.277 e. The van der Waals surface area contributed by atoms with Gasteiger partial charge in [-0.25, -0.2) is 4.39 Å². The largest absolute Gasteiger partial charge is 0.487 e. The minimum Gasteiger partial charge on any atom is -0.487 e. The van der Waals surface area contributed by atoms with Gasteiger partial charge in [-0.3, -0.25) is 9.69 Å². The highest BCUT2D eigenvalue weighted by Gasteiger charge is 2.40. The average molecular weight is 582 g/mol. The molecule has 1 heterocycles. The molecule has 168 valence electrons. The fraction of sp³-hybridized carbons (Fsp3) is 0.333. The lowest BCUT2D eigenvalue weighted by atomic mass is 9.94. The van der Waals surface area contributed by atoms with E-state index in [1.165, 1.54) is 18.6 Å². The number of hydrogen-bond donors (Lipinski definition) is 0. The van der Waals surface area contributed by atoms with Gasteiger partial charge in [0.05, 0.1) is 8.95 Å². The highest BCUT2D eigenvalue weighted by atomic mass is 79.9. The second-order valence-electron chi connectivity index (χ2n) is 8.07. The molecule has 0 unspecified atom stereocenters. The number of ether oxygens (including phenoxy) is 1. The van der Waals surface area contributed by atoms with E-state index in [-0.39, 0.29) is 24.4 Å². The Bertz CT molecular complexity index is 1060. The zero-order valence-corrected chi connectivity index (χ0v) is 21.6. The monoisotopic (exact) mass is 580 g/mol. The second-order valence-corrected chi connectivity index (χ2v) is 10.1. The Labute approximate surface area is 209 Å². The highest BCUT2D eigenvalue weighted by Crippen LogP contribution is 2.37. The van der Waals surface area contributed by atoms with E-state index in [0.717, 1.165) is 45.8 Å². The first-order valence-electron chi connectivity index (χ1n) is 10.5. The van der Waals surface area contributed by atoms with Crippen LogP contribution in [0.4, 0.5) is 4.39 Å². The molecular formula is C24H23Br2FN2O2S. The Balaban J connectivity index is 1.54. The van der Waals surface area contributed by atoms with E-state index in [2.05, 4.69) is 31.9 Å². The van der Waals surface area contributed by atoms with Crippen LogP contribution in [0.5, 0.6) is 5.75 Å². The number of likely N-dealkylation sites (N-methyl/N-ethyl adjacent to an activating group) is 1. The molecule has 2 aliphatic rings. The number of halogens is 3. The standard InChI is InChI=1S/C24H23Br2FN2O2S/c1-28-21(23(30)29(24(28)32)18-8-3-2-4-9-18)13-16-11-19(25)22(20(26)12-16)31-14-15-6-5-7-17(27)10-15/h5-7,10-13,18H,2-4,8-9,14H2,1H3/b21-13-. The molecule has 0 aromatic heterocycles. The molecule has 1 aliphatic carbocycles. The summed E-state index contributed by atoms with van der Waals surface area (Å²) in [7, 11) is 1.84. The molecule has 4 rings (SSSR count). The topological polar surface area (TPSA) is 32.8 Å². The summed E-state index contributed by atoms with van der Waals surface area (Å²) in [6, 6.07) is 10.3. The van der Waals surface area contributed by atoms with Crippen LogP contribution in [0.3, 0.4) is 0 Å². The molecule has 0 spiro atoms. The molecule has 1 saturated heterocycles. The third kappa shape index (κ3) is 4.92. The zero-order valence-electron chi connectivity index (χ0n) is 17.6. The number of nitrogens with zero attached hydrogens (tertiary/aromatic N) is 2. The normalized spacial score (nSPS) is 18.7. The van der Waals surface area contributed by atoms with Gasteiger partial charge in [0, 0.05) is 13.1 Å². The van der Waals surface area contributed by atoms with Crippen LogP contribution in [-0.2, 0) is 11.4 Å². The SMILES string of the molecule is CN1C(=S)N(C2CCCCC2)C(=O)/C1=C/c1cc(Br)c(OCc2cccc(F)c2)c(Br)c1. The van der Waals surface area contributed by atoms with Crippen molar-refractivity contribution in [1.29, 1.82) is 0 Å². The van der Waals surface area contributed by atoms with E-state index in [0.29, 0.717) is 16.6 Å². The van der Waals surface area contributed by atoms with E-state index < -0.39 is 0 Å². The van der Waals surface area contributed by atoms with Gasteiger partial charge in [-0.1, -0.05) is 31.4 Å². The summed E-state index contributed by atoms with van der Waals surface area (Å²) in [4.78, 5) is 16.8. The molecule has 2 fully saturated rings. The van der Waals surface area contributed by atoms with Gasteiger partial charge in [0.1, 0.15) is 23.9 Å². The molecular weight excluding hydrogens is 559 g/mol. The van der Waals surface area contributed by atoms with Crippen molar-refractivity contribution in [2.45, 2.75) is 44.8 Å². The maximum Gasteiger partial charge on any atom is 0.277 e. The lowest BCUT2D eigenvalue weighted by Crippen LogP contribution is -2.41. The van der Waals surface area contributed by atoms with Crippen molar-refractivity contribution >= 4 is 61.2 Å². The number of carbonyl (C=O) groups is 1. The predicted molar refractivity (Wildman–Crippen MR) is 135 cm³/mol. The number of rotatable bonds is 5. The van der Waals surface area contributed by atoms with Gasteiger partial charge in [-0.2, -0.15) is 0 Å². The number of thiocarbonyl (C=S) groups is 1. The zero-order chi connectivity index (χ0) is 22.8. The summed E-state index contributed by atoms with van der Waals surface area (Å²) in [5.74, 6) is 0.279. The van der Waals surface area contributed by atoms with Gasteiger partial charge in [-0.15, -0.1) is 0 Å². The molecule has 4 nitrogen and oxygen atoms in total. The average Bonchev–Trinajstić information content (AvgIpc) is 2.97. The Morgan fingerprint density at radius 3 is 2.50 bits per heavy atom. The Kier molecular flexibility index (Phi) is 7.32. The Morgan fingerprint density at radius 2 is 1.84 bits per heavy atom. The summed E-state index contributed by atoms with van der Waals surface area (Å²) in [5, 5.41) is 0.571. The van der Waals surface area contributed by atoms with Crippen LogP contribution in [0.25, 0.3) is 6.08 Å². The lowest BCUT2D eigenvalue weighted by Gasteiger charge is -2.30. The number of hydrogen-bond acceptors (Lipinski definition) is 3. The summed E-state index contributed by atoms with van der Waals surface area (Å²) in [5.41, 5.74) is 2.14. The quantitative estimate of drug-likeness (QED) is 0.292. The van der Waals surface area contributed by atoms with Crippen molar-refractivity contribution in [3.63, 3.8) is 0 Å². The molecule has 1 amide bonds. The number of amides is 1. The molecule has 0 atom stereocenters. The van der Waals surface area contributed by atoms with Gasteiger partial charge in [-0.05, 0) is 98.4 Å². The first-order valence-corrected chi connectivity index (χ1v) is 12.5. The molecule has 0 radical (unpaired) electrons. The van der Waals surface area contributed by atoms with Gasteiger partial charge in [0.25, 0.3) is 5.91 Å². The summed E-state index contributed by atoms with van der Waals surface area (Å²) in [6.07, 6.45) is 7.35. The van der Waals surface area contributed by atoms with Crippen molar-refractivity contribution in [3.05, 3.63) is 68.0 Å². The van der Waals surface area contributed by atoms with E-state index in [9.17, 15) is 9.18 Å².